The largest absolute Gasteiger partial charge is 0.349 e. The van der Waals surface area contributed by atoms with Crippen LogP contribution in [0, 0.1) is 48.8 Å². The van der Waals surface area contributed by atoms with Crippen LogP contribution in [-0.4, -0.2) is 22.9 Å². The molecule has 3 aromatic rings. The van der Waals surface area contributed by atoms with Crippen molar-refractivity contribution >= 4 is 17.5 Å². The van der Waals surface area contributed by atoms with E-state index in [9.17, 15) is 15.3 Å². The van der Waals surface area contributed by atoms with Crippen LogP contribution < -0.4 is 4.90 Å². The summed E-state index contributed by atoms with van der Waals surface area (Å²) < 4.78 is 0. The second-order valence-corrected chi connectivity index (χ2v) is 9.18. The number of carbonyl (C=O) groups excluding carboxylic acids is 1. The van der Waals surface area contributed by atoms with E-state index in [4.69, 9.17) is 0 Å². The second kappa shape index (κ2) is 7.97. The zero-order valence-corrected chi connectivity index (χ0v) is 19.4. The van der Waals surface area contributed by atoms with E-state index in [1.807, 2.05) is 68.2 Å². The molecule has 0 amide bonds. The van der Waals surface area contributed by atoms with Gasteiger partial charge in [-0.15, -0.1) is 0 Å². The third-order valence-electron chi connectivity index (χ3n) is 7.15. The van der Waals surface area contributed by atoms with E-state index >= 15 is 0 Å². The molecule has 3 heterocycles. The fraction of sp³-hybridized carbons (Fsp3) is 0.241. The van der Waals surface area contributed by atoms with Crippen LogP contribution in [0.3, 0.4) is 0 Å². The van der Waals surface area contributed by atoms with E-state index in [1.54, 1.807) is 18.3 Å². The lowest BCUT2D eigenvalue weighted by Gasteiger charge is -2.35. The van der Waals surface area contributed by atoms with E-state index in [1.165, 1.54) is 0 Å². The summed E-state index contributed by atoms with van der Waals surface area (Å²) in [5, 5.41) is 21.2. The first-order valence-corrected chi connectivity index (χ1v) is 11.3. The van der Waals surface area contributed by atoms with E-state index in [0.29, 0.717) is 5.56 Å². The van der Waals surface area contributed by atoms with Gasteiger partial charge in [-0.2, -0.15) is 10.5 Å². The predicted octanol–water partition coefficient (Wildman–Crippen LogP) is 5.29. The molecule has 0 radical (unpaired) electrons. The molecule has 0 spiro atoms. The molecule has 2 aliphatic heterocycles. The first-order chi connectivity index (χ1) is 16.4. The number of anilines is 1. The molecule has 3 atom stereocenters. The van der Waals surface area contributed by atoms with Gasteiger partial charge in [-0.05, 0) is 55.7 Å². The normalized spacial score (nSPS) is 21.8. The minimum Gasteiger partial charge on any atom is -0.349 e. The summed E-state index contributed by atoms with van der Waals surface area (Å²) in [7, 11) is 0. The van der Waals surface area contributed by atoms with Gasteiger partial charge in [0.15, 0.2) is 11.2 Å². The Bertz CT molecular complexity index is 1370. The predicted molar refractivity (Wildman–Crippen MR) is 131 cm³/mol. The Hall–Kier alpha value is -4.22. The highest BCUT2D eigenvalue weighted by Gasteiger charge is 2.64. The molecule has 2 aromatic carbocycles. The molecule has 0 bridgehead atoms. The maximum atomic E-state index is 14.2. The SMILES string of the molecule is Cc1cc(C)c(C2C(C(=O)c3ccccc3)N3c4cccnc4C=CC3C2(C#N)C#N)c(C)c1. The minimum absolute atomic E-state index is 0.104. The Labute approximate surface area is 199 Å². The molecule has 3 unspecified atom stereocenters. The average Bonchev–Trinajstić information content (AvgIpc) is 3.14. The topological polar surface area (TPSA) is 80.8 Å². The standard InChI is InChI=1S/C29H24N4O/c1-18-14-19(2)25(20(3)15-18)26-27(28(34)21-8-5-4-6-9-21)33-23-10-7-13-32-22(23)11-12-24(33)29(26,16-30)17-31/h4-15,24,26-27H,1-3H3. The van der Waals surface area contributed by atoms with Gasteiger partial charge >= 0.3 is 0 Å². The Kier molecular flexibility index (Phi) is 5.07. The monoisotopic (exact) mass is 444 g/mol. The molecule has 166 valence electrons. The van der Waals surface area contributed by atoms with Crippen LogP contribution in [-0.2, 0) is 0 Å². The lowest BCUT2D eigenvalue weighted by atomic mass is 9.67. The average molecular weight is 445 g/mol. The molecule has 5 nitrogen and oxygen atoms in total. The molecule has 5 rings (SSSR count). The number of hydrogen-bond donors (Lipinski definition) is 0. The van der Waals surface area contributed by atoms with Gasteiger partial charge in [0.2, 0.25) is 0 Å². The Morgan fingerprint density at radius 3 is 2.32 bits per heavy atom. The number of nitrogens with zero attached hydrogens (tertiary/aromatic N) is 4. The van der Waals surface area contributed by atoms with Crippen LogP contribution in [0.25, 0.3) is 6.08 Å². The van der Waals surface area contributed by atoms with Gasteiger partial charge in [0.25, 0.3) is 0 Å². The fourth-order valence-electron chi connectivity index (χ4n) is 5.88. The summed E-state index contributed by atoms with van der Waals surface area (Å²) in [6.07, 6.45) is 5.44. The van der Waals surface area contributed by atoms with Crippen LogP contribution in [0.5, 0.6) is 0 Å². The maximum absolute atomic E-state index is 14.2. The Balaban J connectivity index is 1.84. The third-order valence-corrected chi connectivity index (χ3v) is 7.15. The van der Waals surface area contributed by atoms with E-state index in [2.05, 4.69) is 29.3 Å². The molecule has 0 aliphatic carbocycles. The lowest BCUT2D eigenvalue weighted by molar-refractivity contribution is 0.0951. The molecule has 5 heteroatoms. The highest BCUT2D eigenvalue weighted by Crippen LogP contribution is 2.56. The number of aromatic nitrogens is 1. The van der Waals surface area contributed by atoms with Crippen molar-refractivity contribution in [3.63, 3.8) is 0 Å². The van der Waals surface area contributed by atoms with E-state index in [0.717, 1.165) is 33.6 Å². The van der Waals surface area contributed by atoms with Gasteiger partial charge in [0.1, 0.15) is 6.04 Å². The van der Waals surface area contributed by atoms with Gasteiger partial charge in [-0.25, -0.2) is 0 Å². The van der Waals surface area contributed by atoms with Crippen LogP contribution >= 0.6 is 0 Å². The highest BCUT2D eigenvalue weighted by molar-refractivity contribution is 6.04. The number of aryl methyl sites for hydroxylation is 3. The fourth-order valence-corrected chi connectivity index (χ4v) is 5.88. The van der Waals surface area contributed by atoms with Crippen LogP contribution in [0.15, 0.2) is 66.9 Å². The second-order valence-electron chi connectivity index (χ2n) is 9.18. The van der Waals surface area contributed by atoms with Crippen molar-refractivity contribution in [2.75, 3.05) is 4.90 Å². The van der Waals surface area contributed by atoms with Crippen molar-refractivity contribution in [1.29, 1.82) is 10.5 Å². The highest BCUT2D eigenvalue weighted by atomic mass is 16.1. The summed E-state index contributed by atoms with van der Waals surface area (Å²) in [5.41, 5.74) is 4.58. The van der Waals surface area contributed by atoms with Gasteiger partial charge < -0.3 is 4.90 Å². The summed E-state index contributed by atoms with van der Waals surface area (Å²) in [6.45, 7) is 6.03. The zero-order chi connectivity index (χ0) is 24.0. The van der Waals surface area contributed by atoms with Crippen molar-refractivity contribution in [3.05, 3.63) is 100 Å². The molecule has 1 saturated heterocycles. The van der Waals surface area contributed by atoms with Crippen LogP contribution in [0.4, 0.5) is 5.69 Å². The van der Waals surface area contributed by atoms with Crippen LogP contribution in [0.1, 0.15) is 44.2 Å². The Morgan fingerprint density at radius 1 is 1.00 bits per heavy atom. The molecular formula is C29H24N4O. The summed E-state index contributed by atoms with van der Waals surface area (Å²) >= 11 is 0. The zero-order valence-electron chi connectivity index (χ0n) is 19.4. The summed E-state index contributed by atoms with van der Waals surface area (Å²) in [5.74, 6) is -0.746. The van der Waals surface area contributed by atoms with Gasteiger partial charge in [-0.1, -0.05) is 54.1 Å². The number of ketones is 1. The molecule has 34 heavy (non-hydrogen) atoms. The number of pyridine rings is 1. The first-order valence-electron chi connectivity index (χ1n) is 11.3. The molecule has 1 fully saturated rings. The third kappa shape index (κ3) is 2.98. The van der Waals surface area contributed by atoms with Crippen molar-refractivity contribution in [3.8, 4) is 12.1 Å². The van der Waals surface area contributed by atoms with E-state index in [-0.39, 0.29) is 5.78 Å². The Morgan fingerprint density at radius 2 is 1.68 bits per heavy atom. The summed E-state index contributed by atoms with van der Waals surface area (Å²) in [4.78, 5) is 20.6. The minimum atomic E-state index is -1.45. The molecular weight excluding hydrogens is 420 g/mol. The van der Waals surface area contributed by atoms with E-state index < -0.39 is 23.4 Å². The van der Waals surface area contributed by atoms with Gasteiger partial charge in [0.05, 0.1) is 29.6 Å². The number of Topliss-reactive ketones (excluding diaryl/α,β-unsaturated/α-hetero) is 1. The van der Waals surface area contributed by atoms with Crippen molar-refractivity contribution in [1.82, 2.24) is 4.98 Å². The smallest absolute Gasteiger partial charge is 0.185 e. The number of fused-ring (bicyclic) bond motifs is 3. The van der Waals surface area contributed by atoms with Crippen LogP contribution in [0.2, 0.25) is 0 Å². The number of carbonyl (C=O) groups is 1. The molecule has 1 aromatic heterocycles. The summed E-state index contributed by atoms with van der Waals surface area (Å²) in [6, 6.07) is 20.5. The molecule has 2 aliphatic rings. The van der Waals surface area contributed by atoms with Crippen molar-refractivity contribution in [2.45, 2.75) is 38.8 Å². The van der Waals surface area contributed by atoms with Gasteiger partial charge in [0, 0.05) is 17.7 Å². The first kappa shape index (κ1) is 21.6. The number of hydrogen-bond acceptors (Lipinski definition) is 5. The number of benzene rings is 2. The number of rotatable bonds is 3. The van der Waals surface area contributed by atoms with Crippen molar-refractivity contribution < 1.29 is 4.79 Å². The maximum Gasteiger partial charge on any atom is 0.185 e. The number of nitriles is 2. The van der Waals surface area contributed by atoms with Crippen molar-refractivity contribution in [2.24, 2.45) is 5.41 Å². The lowest BCUT2D eigenvalue weighted by Crippen LogP contribution is -2.44. The van der Waals surface area contributed by atoms with Gasteiger partial charge in [-0.3, -0.25) is 9.78 Å². The quantitative estimate of drug-likeness (QED) is 0.513. The molecule has 0 saturated carbocycles. The molecule has 0 N–H and O–H groups in total.